The normalized spacial score (nSPS) is 17.1. The van der Waals surface area contributed by atoms with Crippen LogP contribution in [0.2, 0.25) is 0 Å². The van der Waals surface area contributed by atoms with Gasteiger partial charge < -0.3 is 15.3 Å². The van der Waals surface area contributed by atoms with Gasteiger partial charge in [0.15, 0.2) is 0 Å². The van der Waals surface area contributed by atoms with E-state index in [1.807, 2.05) is 4.90 Å². The Hall–Kier alpha value is -2.30. The molecule has 2 N–H and O–H groups in total. The average molecular weight is 288 g/mol. The largest absolute Gasteiger partial charge is 0.478 e. The highest BCUT2D eigenvalue weighted by Gasteiger charge is 2.35. The number of carbonyl (C=O) groups excluding carboxylic acids is 1. The quantitative estimate of drug-likeness (QED) is 0.839. The molecule has 1 aliphatic heterocycles. The lowest BCUT2D eigenvalue weighted by Gasteiger charge is -2.31. The number of hydrogen-bond donors (Lipinski definition) is 2. The number of rotatable bonds is 3. The summed E-state index contributed by atoms with van der Waals surface area (Å²) in [6.45, 7) is 4.91. The van der Waals surface area contributed by atoms with Crippen molar-refractivity contribution in [2.24, 2.45) is 0 Å². The zero-order chi connectivity index (χ0) is 15.5. The van der Waals surface area contributed by atoms with Crippen molar-refractivity contribution >= 4 is 23.8 Å². The number of carboxylic acids is 1. The molecule has 112 valence electrons. The van der Waals surface area contributed by atoms with Gasteiger partial charge in [-0.2, -0.15) is 0 Å². The van der Waals surface area contributed by atoms with Crippen molar-refractivity contribution in [3.63, 3.8) is 0 Å². The van der Waals surface area contributed by atoms with Crippen LogP contribution in [0.25, 0.3) is 6.08 Å². The molecule has 0 aromatic heterocycles. The van der Waals surface area contributed by atoms with Gasteiger partial charge in [-0.3, -0.25) is 0 Å². The number of amides is 2. The minimum Gasteiger partial charge on any atom is -0.478 e. The number of nitrogens with one attached hydrogen (secondary N) is 1. The second-order valence-electron chi connectivity index (χ2n) is 5.79. The smallest absolute Gasteiger partial charge is 0.328 e. The molecule has 1 fully saturated rings. The van der Waals surface area contributed by atoms with Gasteiger partial charge in [0.2, 0.25) is 0 Å². The molecular weight excluding hydrogens is 268 g/mol. The fourth-order valence-corrected chi connectivity index (χ4v) is 2.52. The third-order valence-electron chi connectivity index (χ3n) is 3.73. The van der Waals surface area contributed by atoms with E-state index in [0.29, 0.717) is 5.69 Å². The van der Waals surface area contributed by atoms with E-state index in [2.05, 4.69) is 19.2 Å². The summed E-state index contributed by atoms with van der Waals surface area (Å²) in [6, 6.07) is 6.98. The molecule has 1 heterocycles. The molecule has 0 spiro atoms. The maximum absolute atomic E-state index is 12.3. The predicted octanol–water partition coefficient (Wildman–Crippen LogP) is 3.19. The first kappa shape index (κ1) is 15.1. The highest BCUT2D eigenvalue weighted by Crippen LogP contribution is 2.28. The number of benzene rings is 1. The van der Waals surface area contributed by atoms with Crippen molar-refractivity contribution in [2.45, 2.75) is 32.2 Å². The Morgan fingerprint density at radius 3 is 2.48 bits per heavy atom. The van der Waals surface area contributed by atoms with Gasteiger partial charge in [-0.1, -0.05) is 12.1 Å². The third kappa shape index (κ3) is 3.84. The van der Waals surface area contributed by atoms with Gasteiger partial charge in [0, 0.05) is 23.8 Å². The van der Waals surface area contributed by atoms with E-state index < -0.39 is 5.97 Å². The summed E-state index contributed by atoms with van der Waals surface area (Å²) in [4.78, 5) is 24.5. The molecule has 0 unspecified atom stereocenters. The topological polar surface area (TPSA) is 69.6 Å². The van der Waals surface area contributed by atoms with E-state index in [1.54, 1.807) is 24.3 Å². The summed E-state index contributed by atoms with van der Waals surface area (Å²) in [7, 11) is 0. The predicted molar refractivity (Wildman–Crippen MR) is 82.1 cm³/mol. The van der Waals surface area contributed by atoms with E-state index in [1.165, 1.54) is 6.08 Å². The van der Waals surface area contributed by atoms with Crippen molar-refractivity contribution in [2.75, 3.05) is 11.9 Å². The molecule has 5 heteroatoms. The van der Waals surface area contributed by atoms with Gasteiger partial charge in [-0.05, 0) is 50.5 Å². The average Bonchev–Trinajstić information content (AvgIpc) is 2.77. The molecule has 0 atom stereocenters. The van der Waals surface area contributed by atoms with E-state index in [0.717, 1.165) is 31.0 Å². The Kier molecular flexibility index (Phi) is 4.31. The van der Waals surface area contributed by atoms with E-state index in [4.69, 9.17) is 5.11 Å². The summed E-state index contributed by atoms with van der Waals surface area (Å²) < 4.78 is 0. The van der Waals surface area contributed by atoms with Crippen LogP contribution in [0.4, 0.5) is 10.5 Å². The maximum Gasteiger partial charge on any atom is 0.328 e. The summed E-state index contributed by atoms with van der Waals surface area (Å²) in [5.41, 5.74) is 1.38. The van der Waals surface area contributed by atoms with Crippen LogP contribution in [-0.2, 0) is 4.79 Å². The van der Waals surface area contributed by atoms with Gasteiger partial charge in [-0.25, -0.2) is 9.59 Å². The van der Waals surface area contributed by atoms with Crippen LogP contribution in [0.5, 0.6) is 0 Å². The van der Waals surface area contributed by atoms with E-state index in [9.17, 15) is 9.59 Å². The lowest BCUT2D eigenvalue weighted by Crippen LogP contribution is -2.44. The Morgan fingerprint density at radius 2 is 1.95 bits per heavy atom. The zero-order valence-corrected chi connectivity index (χ0v) is 12.3. The molecule has 0 bridgehead atoms. The molecule has 5 nitrogen and oxygen atoms in total. The fraction of sp³-hybridized carbons (Fsp3) is 0.375. The first-order chi connectivity index (χ1) is 9.88. The van der Waals surface area contributed by atoms with Crippen LogP contribution in [-0.4, -0.2) is 34.1 Å². The molecule has 0 aliphatic carbocycles. The Morgan fingerprint density at radius 1 is 1.29 bits per heavy atom. The number of hydrogen-bond acceptors (Lipinski definition) is 2. The third-order valence-corrected chi connectivity index (χ3v) is 3.73. The van der Waals surface area contributed by atoms with Gasteiger partial charge in [0.25, 0.3) is 0 Å². The van der Waals surface area contributed by atoms with Crippen LogP contribution >= 0.6 is 0 Å². The highest BCUT2D eigenvalue weighted by atomic mass is 16.4. The molecule has 2 amide bonds. The van der Waals surface area contributed by atoms with Crippen LogP contribution < -0.4 is 5.32 Å². The number of likely N-dealkylation sites (tertiary alicyclic amines) is 1. The molecule has 1 aromatic carbocycles. The highest BCUT2D eigenvalue weighted by molar-refractivity contribution is 5.90. The van der Waals surface area contributed by atoms with Crippen LogP contribution in [0.3, 0.4) is 0 Å². The number of carboxylic acid groups (broad SMARTS) is 1. The first-order valence-corrected chi connectivity index (χ1v) is 6.98. The Labute approximate surface area is 124 Å². The van der Waals surface area contributed by atoms with Gasteiger partial charge in [0.1, 0.15) is 0 Å². The SMILES string of the molecule is CC1(C)CCCN1C(=O)Nc1ccc(C=CC(=O)O)cc1. The van der Waals surface area contributed by atoms with Crippen molar-refractivity contribution in [1.82, 2.24) is 4.90 Å². The molecule has 1 aliphatic rings. The maximum atomic E-state index is 12.3. The summed E-state index contributed by atoms with van der Waals surface area (Å²) in [5, 5.41) is 11.4. The van der Waals surface area contributed by atoms with Crippen molar-refractivity contribution in [3.8, 4) is 0 Å². The van der Waals surface area contributed by atoms with Gasteiger partial charge in [-0.15, -0.1) is 0 Å². The second-order valence-corrected chi connectivity index (χ2v) is 5.79. The number of anilines is 1. The van der Waals surface area contributed by atoms with Crippen molar-refractivity contribution in [3.05, 3.63) is 35.9 Å². The molecule has 21 heavy (non-hydrogen) atoms. The van der Waals surface area contributed by atoms with Crippen LogP contribution in [0.15, 0.2) is 30.3 Å². The number of nitrogens with zero attached hydrogens (tertiary/aromatic N) is 1. The molecule has 1 aromatic rings. The zero-order valence-electron chi connectivity index (χ0n) is 12.3. The fourth-order valence-electron chi connectivity index (χ4n) is 2.52. The summed E-state index contributed by atoms with van der Waals surface area (Å²) in [5.74, 6) is -0.983. The Balaban J connectivity index is 2.00. The first-order valence-electron chi connectivity index (χ1n) is 6.98. The number of aliphatic carboxylic acids is 1. The van der Waals surface area contributed by atoms with Gasteiger partial charge in [0.05, 0.1) is 0 Å². The lowest BCUT2D eigenvalue weighted by atomic mass is 10.0. The molecule has 1 saturated heterocycles. The van der Waals surface area contributed by atoms with Crippen LogP contribution in [0, 0.1) is 0 Å². The molecule has 0 radical (unpaired) electrons. The Bertz CT molecular complexity index is 561. The van der Waals surface area contributed by atoms with E-state index >= 15 is 0 Å². The molecule has 2 rings (SSSR count). The van der Waals surface area contributed by atoms with Crippen LogP contribution in [0.1, 0.15) is 32.3 Å². The molecule has 0 saturated carbocycles. The summed E-state index contributed by atoms with van der Waals surface area (Å²) >= 11 is 0. The molecular formula is C16H20N2O3. The summed E-state index contributed by atoms with van der Waals surface area (Å²) in [6.07, 6.45) is 4.64. The second kappa shape index (κ2) is 5.99. The number of urea groups is 1. The minimum absolute atomic E-state index is 0.0914. The number of carbonyl (C=O) groups is 2. The lowest BCUT2D eigenvalue weighted by molar-refractivity contribution is -0.131. The minimum atomic E-state index is -0.983. The van der Waals surface area contributed by atoms with Crippen molar-refractivity contribution < 1.29 is 14.7 Å². The van der Waals surface area contributed by atoms with Crippen molar-refractivity contribution in [1.29, 1.82) is 0 Å². The monoisotopic (exact) mass is 288 g/mol. The van der Waals surface area contributed by atoms with E-state index in [-0.39, 0.29) is 11.6 Å². The van der Waals surface area contributed by atoms with Gasteiger partial charge >= 0.3 is 12.0 Å². The standard InChI is InChI=1S/C16H20N2O3/c1-16(2)10-3-11-18(16)15(21)17-13-7-4-12(5-8-13)6-9-14(19)20/h4-9H,3,10-11H2,1-2H3,(H,17,21)(H,19,20).